The van der Waals surface area contributed by atoms with E-state index in [1.807, 2.05) is 37.3 Å². The standard InChI is InChI=1S/C19H17ClN4O2S2/c1-12(13-5-3-2-4-6-13)21-16(25)11-27-19-24-23-18(28-19)17(26)22-15-9-7-14(20)8-10-15/h2-10,12H,11H2,1H3,(H,21,25)(H,22,26). The summed E-state index contributed by atoms with van der Waals surface area (Å²) in [6.07, 6.45) is 0. The van der Waals surface area contributed by atoms with Crippen molar-refractivity contribution in [2.24, 2.45) is 0 Å². The molecule has 6 nitrogen and oxygen atoms in total. The maximum Gasteiger partial charge on any atom is 0.286 e. The molecule has 0 aliphatic heterocycles. The molecule has 0 radical (unpaired) electrons. The third kappa shape index (κ3) is 5.79. The molecule has 1 heterocycles. The van der Waals surface area contributed by atoms with Crippen molar-refractivity contribution in [3.63, 3.8) is 0 Å². The Balaban J connectivity index is 1.49. The van der Waals surface area contributed by atoms with Gasteiger partial charge in [0.05, 0.1) is 11.8 Å². The van der Waals surface area contributed by atoms with Crippen LogP contribution in [0.15, 0.2) is 58.9 Å². The first-order valence-electron chi connectivity index (χ1n) is 8.39. The third-order valence-corrected chi connectivity index (χ3v) is 6.01. The fraction of sp³-hybridized carbons (Fsp3) is 0.158. The fourth-order valence-corrected chi connectivity index (χ4v) is 4.00. The Kier molecular flexibility index (Phi) is 7.02. The van der Waals surface area contributed by atoms with E-state index in [2.05, 4.69) is 20.8 Å². The van der Waals surface area contributed by atoms with Crippen molar-refractivity contribution in [1.82, 2.24) is 15.5 Å². The summed E-state index contributed by atoms with van der Waals surface area (Å²) in [5.41, 5.74) is 1.66. The zero-order valence-corrected chi connectivity index (χ0v) is 17.3. The summed E-state index contributed by atoms with van der Waals surface area (Å²) in [6, 6.07) is 16.4. The molecule has 144 valence electrons. The van der Waals surface area contributed by atoms with Gasteiger partial charge in [0, 0.05) is 10.7 Å². The lowest BCUT2D eigenvalue weighted by molar-refractivity contribution is -0.119. The Labute approximate surface area is 175 Å². The second kappa shape index (κ2) is 9.68. The molecule has 0 aliphatic rings. The van der Waals surface area contributed by atoms with E-state index in [1.54, 1.807) is 24.3 Å². The summed E-state index contributed by atoms with van der Waals surface area (Å²) < 4.78 is 0.559. The SMILES string of the molecule is CC(NC(=O)CSc1nnc(C(=O)Nc2ccc(Cl)cc2)s1)c1ccccc1. The number of nitrogens with one attached hydrogen (secondary N) is 2. The number of carbonyl (C=O) groups excluding carboxylic acids is 2. The van der Waals surface area contributed by atoms with E-state index in [0.29, 0.717) is 15.0 Å². The zero-order valence-electron chi connectivity index (χ0n) is 14.9. The Morgan fingerprint density at radius 2 is 1.82 bits per heavy atom. The summed E-state index contributed by atoms with van der Waals surface area (Å²) >= 11 is 8.22. The molecular weight excluding hydrogens is 416 g/mol. The van der Waals surface area contributed by atoms with Gasteiger partial charge in [0.1, 0.15) is 0 Å². The maximum atomic E-state index is 12.2. The lowest BCUT2D eigenvalue weighted by atomic mass is 10.1. The monoisotopic (exact) mass is 432 g/mol. The van der Waals surface area contributed by atoms with E-state index in [9.17, 15) is 9.59 Å². The van der Waals surface area contributed by atoms with E-state index in [1.165, 1.54) is 11.8 Å². The van der Waals surface area contributed by atoms with Crippen molar-refractivity contribution < 1.29 is 9.59 Å². The van der Waals surface area contributed by atoms with Crippen molar-refractivity contribution in [1.29, 1.82) is 0 Å². The van der Waals surface area contributed by atoms with Gasteiger partial charge in [-0.2, -0.15) is 0 Å². The first-order chi connectivity index (χ1) is 13.5. The van der Waals surface area contributed by atoms with E-state index in [4.69, 9.17) is 11.6 Å². The van der Waals surface area contributed by atoms with E-state index in [0.717, 1.165) is 16.9 Å². The van der Waals surface area contributed by atoms with Gasteiger partial charge in [0.15, 0.2) is 4.34 Å². The molecule has 0 fully saturated rings. The molecule has 1 unspecified atom stereocenters. The molecule has 2 aromatic carbocycles. The minimum absolute atomic E-state index is 0.0792. The molecular formula is C19H17ClN4O2S2. The molecule has 2 amide bonds. The first-order valence-corrected chi connectivity index (χ1v) is 10.6. The van der Waals surface area contributed by atoms with Crippen LogP contribution >= 0.6 is 34.7 Å². The van der Waals surface area contributed by atoms with Crippen LogP contribution in [0.2, 0.25) is 5.02 Å². The van der Waals surface area contributed by atoms with E-state index >= 15 is 0 Å². The molecule has 3 rings (SSSR count). The average Bonchev–Trinajstić information content (AvgIpc) is 3.18. The molecule has 2 N–H and O–H groups in total. The maximum absolute atomic E-state index is 12.2. The highest BCUT2D eigenvalue weighted by Gasteiger charge is 2.15. The van der Waals surface area contributed by atoms with Gasteiger partial charge in [0.2, 0.25) is 10.9 Å². The Hall–Kier alpha value is -2.42. The van der Waals surface area contributed by atoms with Gasteiger partial charge in [-0.3, -0.25) is 9.59 Å². The van der Waals surface area contributed by atoms with Gasteiger partial charge in [-0.25, -0.2) is 0 Å². The lowest BCUT2D eigenvalue weighted by Gasteiger charge is -2.13. The van der Waals surface area contributed by atoms with Crippen LogP contribution in [0.4, 0.5) is 5.69 Å². The minimum atomic E-state index is -0.353. The van der Waals surface area contributed by atoms with Gasteiger partial charge in [0.25, 0.3) is 5.91 Å². The topological polar surface area (TPSA) is 84.0 Å². The van der Waals surface area contributed by atoms with Gasteiger partial charge in [-0.05, 0) is 36.8 Å². The normalized spacial score (nSPS) is 11.6. The second-order valence-electron chi connectivity index (χ2n) is 5.82. The summed E-state index contributed by atoms with van der Waals surface area (Å²) in [5.74, 6) is -0.262. The zero-order chi connectivity index (χ0) is 19.9. The molecule has 0 saturated carbocycles. The van der Waals surface area contributed by atoms with Gasteiger partial charge < -0.3 is 10.6 Å². The van der Waals surface area contributed by atoms with Crippen LogP contribution in [-0.4, -0.2) is 27.8 Å². The van der Waals surface area contributed by atoms with Crippen LogP contribution in [0.3, 0.4) is 0 Å². The van der Waals surface area contributed by atoms with Crippen LogP contribution in [-0.2, 0) is 4.79 Å². The summed E-state index contributed by atoms with van der Waals surface area (Å²) in [5, 5.41) is 14.4. The fourth-order valence-electron chi connectivity index (χ4n) is 2.31. The van der Waals surface area contributed by atoms with Gasteiger partial charge in [-0.15, -0.1) is 10.2 Å². The summed E-state index contributed by atoms with van der Waals surface area (Å²) in [4.78, 5) is 24.4. The van der Waals surface area contributed by atoms with Crippen LogP contribution in [0.1, 0.15) is 28.3 Å². The number of carbonyl (C=O) groups is 2. The van der Waals surface area contributed by atoms with Crippen molar-refractivity contribution in [2.45, 2.75) is 17.3 Å². The van der Waals surface area contributed by atoms with Crippen LogP contribution in [0.25, 0.3) is 0 Å². The highest BCUT2D eigenvalue weighted by Crippen LogP contribution is 2.23. The summed E-state index contributed by atoms with van der Waals surface area (Å²) in [7, 11) is 0. The highest BCUT2D eigenvalue weighted by atomic mass is 35.5. The smallest absolute Gasteiger partial charge is 0.286 e. The molecule has 0 spiro atoms. The number of benzene rings is 2. The number of nitrogens with zero attached hydrogens (tertiary/aromatic N) is 2. The Morgan fingerprint density at radius 1 is 1.11 bits per heavy atom. The number of hydrogen-bond donors (Lipinski definition) is 2. The number of hydrogen-bond acceptors (Lipinski definition) is 6. The predicted molar refractivity (Wildman–Crippen MR) is 113 cm³/mol. The van der Waals surface area contributed by atoms with Crippen LogP contribution in [0, 0.1) is 0 Å². The van der Waals surface area contributed by atoms with Gasteiger partial charge in [-0.1, -0.05) is 65.0 Å². The number of rotatable bonds is 7. The number of aromatic nitrogens is 2. The van der Waals surface area contributed by atoms with Crippen molar-refractivity contribution in [2.75, 3.05) is 11.1 Å². The predicted octanol–water partition coefficient (Wildman–Crippen LogP) is 4.41. The van der Waals surface area contributed by atoms with E-state index in [-0.39, 0.29) is 28.6 Å². The van der Waals surface area contributed by atoms with Crippen molar-refractivity contribution in [3.05, 3.63) is 70.2 Å². The largest absolute Gasteiger partial charge is 0.349 e. The molecule has 1 aromatic heterocycles. The Bertz CT molecular complexity index is 948. The highest BCUT2D eigenvalue weighted by molar-refractivity contribution is 8.01. The Morgan fingerprint density at radius 3 is 2.54 bits per heavy atom. The van der Waals surface area contributed by atoms with Gasteiger partial charge >= 0.3 is 0 Å². The first kappa shape index (κ1) is 20.3. The summed E-state index contributed by atoms with van der Waals surface area (Å²) in [6.45, 7) is 1.93. The quantitative estimate of drug-likeness (QED) is 0.540. The molecule has 0 aliphatic carbocycles. The number of halogens is 1. The molecule has 3 aromatic rings. The third-order valence-electron chi connectivity index (χ3n) is 3.71. The van der Waals surface area contributed by atoms with E-state index < -0.39 is 0 Å². The van der Waals surface area contributed by atoms with Crippen LogP contribution in [0.5, 0.6) is 0 Å². The minimum Gasteiger partial charge on any atom is -0.349 e. The molecule has 28 heavy (non-hydrogen) atoms. The lowest BCUT2D eigenvalue weighted by Crippen LogP contribution is -2.28. The van der Waals surface area contributed by atoms with Crippen LogP contribution < -0.4 is 10.6 Å². The molecule has 0 saturated heterocycles. The molecule has 9 heteroatoms. The second-order valence-corrected chi connectivity index (χ2v) is 8.46. The molecule has 1 atom stereocenters. The van der Waals surface area contributed by atoms with Crippen molar-refractivity contribution in [3.8, 4) is 0 Å². The van der Waals surface area contributed by atoms with Crippen molar-refractivity contribution >= 4 is 52.2 Å². The number of anilines is 1. The number of thioether (sulfide) groups is 1. The number of amides is 2. The average molecular weight is 433 g/mol. The molecule has 0 bridgehead atoms.